The molecular weight excluding hydrogens is 180 g/mol. The summed E-state index contributed by atoms with van der Waals surface area (Å²) in [5.41, 5.74) is 4.25. The molecule has 0 fully saturated rings. The summed E-state index contributed by atoms with van der Waals surface area (Å²) >= 11 is 0. The van der Waals surface area contributed by atoms with Gasteiger partial charge in [-0.2, -0.15) is 0 Å². The highest BCUT2D eigenvalue weighted by Gasteiger charge is 2.00. The van der Waals surface area contributed by atoms with Gasteiger partial charge in [-0.25, -0.2) is 0 Å². The summed E-state index contributed by atoms with van der Waals surface area (Å²) in [6.07, 6.45) is 10.8. The molecular formula is C15H20. The first-order valence-electron chi connectivity index (χ1n) is 5.67. The van der Waals surface area contributed by atoms with Crippen LogP contribution in [0.3, 0.4) is 0 Å². The van der Waals surface area contributed by atoms with Crippen molar-refractivity contribution in [3.63, 3.8) is 0 Å². The second kappa shape index (κ2) is 6.23. The van der Waals surface area contributed by atoms with Crippen LogP contribution >= 0.6 is 0 Å². The summed E-state index contributed by atoms with van der Waals surface area (Å²) in [7, 11) is 0. The van der Waals surface area contributed by atoms with E-state index in [1.165, 1.54) is 29.5 Å². The molecule has 0 bridgehead atoms. The maximum atomic E-state index is 2.23. The molecule has 0 aliphatic heterocycles. The van der Waals surface area contributed by atoms with Crippen LogP contribution in [0.4, 0.5) is 0 Å². The lowest BCUT2D eigenvalue weighted by Gasteiger charge is -2.08. The number of aryl methyl sites for hydroxylation is 1. The van der Waals surface area contributed by atoms with Crippen molar-refractivity contribution in [2.45, 2.75) is 33.6 Å². The zero-order chi connectivity index (χ0) is 11.1. The third kappa shape index (κ3) is 3.39. The van der Waals surface area contributed by atoms with Crippen LogP contribution in [0.1, 0.15) is 37.0 Å². The molecule has 15 heavy (non-hydrogen) atoms. The van der Waals surface area contributed by atoms with Crippen LogP contribution in [0.5, 0.6) is 0 Å². The molecule has 0 aliphatic carbocycles. The summed E-state index contributed by atoms with van der Waals surface area (Å²) in [6, 6.07) is 6.51. The van der Waals surface area contributed by atoms with Gasteiger partial charge < -0.3 is 0 Å². The summed E-state index contributed by atoms with van der Waals surface area (Å²) in [6.45, 7) is 6.46. The number of rotatable bonds is 4. The minimum absolute atomic E-state index is 1.17. The molecule has 0 unspecified atom stereocenters. The Balaban J connectivity index is 2.99. The van der Waals surface area contributed by atoms with E-state index in [1.807, 2.05) is 13.0 Å². The third-order valence-corrected chi connectivity index (χ3v) is 2.53. The zero-order valence-electron chi connectivity index (χ0n) is 9.96. The Morgan fingerprint density at radius 1 is 1.20 bits per heavy atom. The molecule has 80 valence electrons. The van der Waals surface area contributed by atoms with Crippen LogP contribution in [0.25, 0.3) is 6.08 Å². The molecule has 0 saturated carbocycles. The maximum absolute atomic E-state index is 2.23. The highest BCUT2D eigenvalue weighted by molar-refractivity contribution is 5.57. The maximum Gasteiger partial charge on any atom is -0.0222 e. The van der Waals surface area contributed by atoms with E-state index in [0.717, 1.165) is 0 Å². The summed E-state index contributed by atoms with van der Waals surface area (Å²) in [5.74, 6) is 0. The Morgan fingerprint density at radius 3 is 2.67 bits per heavy atom. The highest BCUT2D eigenvalue weighted by atomic mass is 14.1. The predicted octanol–water partition coefficient (Wildman–Crippen LogP) is 4.54. The summed E-state index contributed by atoms with van der Waals surface area (Å²) in [5, 5.41) is 0. The number of hydrogen-bond donors (Lipinski definition) is 0. The second-order valence-electron chi connectivity index (χ2n) is 3.78. The van der Waals surface area contributed by atoms with Crippen molar-refractivity contribution in [2.24, 2.45) is 0 Å². The van der Waals surface area contributed by atoms with Crippen molar-refractivity contribution in [1.29, 1.82) is 0 Å². The van der Waals surface area contributed by atoms with Gasteiger partial charge in [0.15, 0.2) is 0 Å². The lowest BCUT2D eigenvalue weighted by atomic mass is 9.98. The summed E-state index contributed by atoms with van der Waals surface area (Å²) < 4.78 is 0. The van der Waals surface area contributed by atoms with Crippen LogP contribution in [0, 0.1) is 6.92 Å². The van der Waals surface area contributed by atoms with Gasteiger partial charge in [0.2, 0.25) is 0 Å². The van der Waals surface area contributed by atoms with Crippen molar-refractivity contribution in [2.75, 3.05) is 0 Å². The molecule has 1 aromatic rings. The molecule has 0 aliphatic rings. The fourth-order valence-corrected chi connectivity index (χ4v) is 1.74. The van der Waals surface area contributed by atoms with Crippen molar-refractivity contribution in [3.8, 4) is 0 Å². The van der Waals surface area contributed by atoms with Gasteiger partial charge in [0.25, 0.3) is 0 Å². The highest BCUT2D eigenvalue weighted by Crippen LogP contribution is 2.17. The molecule has 0 atom stereocenters. The smallest absolute Gasteiger partial charge is 0.0222 e. The van der Waals surface area contributed by atoms with E-state index in [4.69, 9.17) is 0 Å². The molecule has 0 heterocycles. The van der Waals surface area contributed by atoms with E-state index in [1.54, 1.807) is 0 Å². The molecule has 0 aromatic heterocycles. The van der Waals surface area contributed by atoms with Gasteiger partial charge in [0.05, 0.1) is 0 Å². The van der Waals surface area contributed by atoms with Gasteiger partial charge in [0, 0.05) is 0 Å². The normalized spacial score (nSPS) is 11.7. The largest absolute Gasteiger partial charge is 0.0877 e. The lowest BCUT2D eigenvalue weighted by molar-refractivity contribution is 0.910. The van der Waals surface area contributed by atoms with Crippen molar-refractivity contribution in [3.05, 3.63) is 53.1 Å². The number of hydrogen-bond acceptors (Lipinski definition) is 0. The Labute approximate surface area is 93.3 Å². The quantitative estimate of drug-likeness (QED) is 0.626. The van der Waals surface area contributed by atoms with Crippen molar-refractivity contribution in [1.82, 2.24) is 0 Å². The molecule has 1 rings (SSSR count). The first-order valence-corrected chi connectivity index (χ1v) is 5.67. The Hall–Kier alpha value is -1.30. The first kappa shape index (κ1) is 11.8. The fourth-order valence-electron chi connectivity index (χ4n) is 1.74. The lowest BCUT2D eigenvalue weighted by Crippen LogP contribution is -1.92. The predicted molar refractivity (Wildman–Crippen MR) is 69.0 cm³/mol. The van der Waals surface area contributed by atoms with Gasteiger partial charge in [-0.05, 0) is 37.0 Å². The monoisotopic (exact) mass is 200 g/mol. The molecule has 0 heteroatoms. The van der Waals surface area contributed by atoms with E-state index < -0.39 is 0 Å². The van der Waals surface area contributed by atoms with Gasteiger partial charge in [-0.1, -0.05) is 55.8 Å². The first-order chi connectivity index (χ1) is 7.29. The van der Waals surface area contributed by atoms with Crippen LogP contribution < -0.4 is 0 Å². The van der Waals surface area contributed by atoms with E-state index in [9.17, 15) is 0 Å². The van der Waals surface area contributed by atoms with Gasteiger partial charge in [0.1, 0.15) is 0 Å². The Morgan fingerprint density at radius 2 is 2.00 bits per heavy atom. The van der Waals surface area contributed by atoms with Crippen LogP contribution in [0.15, 0.2) is 36.4 Å². The number of allylic oxidation sites excluding steroid dienone is 3. The molecule has 0 N–H and O–H groups in total. The number of benzene rings is 1. The minimum atomic E-state index is 1.17. The molecule has 1 aromatic carbocycles. The van der Waals surface area contributed by atoms with Crippen LogP contribution in [0.2, 0.25) is 0 Å². The second-order valence-corrected chi connectivity index (χ2v) is 3.78. The van der Waals surface area contributed by atoms with Crippen molar-refractivity contribution < 1.29 is 0 Å². The molecule has 0 radical (unpaired) electrons. The average Bonchev–Trinajstić information content (AvgIpc) is 2.23. The Kier molecular flexibility index (Phi) is 4.89. The van der Waals surface area contributed by atoms with E-state index >= 15 is 0 Å². The van der Waals surface area contributed by atoms with Gasteiger partial charge in [-0.3, -0.25) is 0 Å². The van der Waals surface area contributed by atoms with Gasteiger partial charge in [-0.15, -0.1) is 0 Å². The summed E-state index contributed by atoms with van der Waals surface area (Å²) in [4.78, 5) is 0. The van der Waals surface area contributed by atoms with Gasteiger partial charge >= 0.3 is 0 Å². The van der Waals surface area contributed by atoms with E-state index in [2.05, 4.69) is 50.3 Å². The fraction of sp³-hybridized carbons (Fsp3) is 0.333. The minimum Gasteiger partial charge on any atom is -0.0877 e. The standard InChI is InChI=1S/C15H20/c1-4-6-7-11-14-12-8-10-13(3)15(14)9-5-2/h4,6-8,10-12H,5,9H2,1-3H3/b6-4+,11-7-. The zero-order valence-corrected chi connectivity index (χ0v) is 9.96. The third-order valence-electron chi connectivity index (χ3n) is 2.53. The van der Waals surface area contributed by atoms with Crippen LogP contribution in [-0.2, 0) is 6.42 Å². The molecule has 0 amide bonds. The molecule has 0 saturated heterocycles. The van der Waals surface area contributed by atoms with Crippen molar-refractivity contribution >= 4 is 6.08 Å². The Bertz CT molecular complexity index is 356. The SMILES string of the molecule is C/C=C/C=C\c1cccc(C)c1CCC. The van der Waals surface area contributed by atoms with Crippen LogP contribution in [-0.4, -0.2) is 0 Å². The van der Waals surface area contributed by atoms with E-state index in [0.29, 0.717) is 0 Å². The molecule has 0 nitrogen and oxygen atoms in total. The average molecular weight is 200 g/mol. The topological polar surface area (TPSA) is 0 Å². The van der Waals surface area contributed by atoms with E-state index in [-0.39, 0.29) is 0 Å². The molecule has 0 spiro atoms.